The van der Waals surface area contributed by atoms with Gasteiger partial charge in [-0.1, -0.05) is 36.4 Å². The lowest BCUT2D eigenvalue weighted by Crippen LogP contribution is -2.32. The van der Waals surface area contributed by atoms with Gasteiger partial charge in [-0.3, -0.25) is 9.78 Å². The second-order valence-corrected chi connectivity index (χ2v) is 7.59. The number of benzene rings is 2. The van der Waals surface area contributed by atoms with E-state index in [-0.39, 0.29) is 17.8 Å². The first-order valence-electron chi connectivity index (χ1n) is 10.3. The molecular formula is C25H25FN2O2. The molecule has 5 heteroatoms. The number of hydrogen-bond donors (Lipinski definition) is 0. The van der Waals surface area contributed by atoms with Crippen LogP contribution in [0, 0.1) is 5.82 Å². The monoisotopic (exact) mass is 404 g/mol. The Morgan fingerprint density at radius 2 is 1.90 bits per heavy atom. The van der Waals surface area contributed by atoms with E-state index in [1.165, 1.54) is 6.07 Å². The van der Waals surface area contributed by atoms with Crippen molar-refractivity contribution in [3.8, 4) is 5.75 Å². The molecule has 1 saturated heterocycles. The number of carbonyl (C=O) groups excluding carboxylic acids is 1. The summed E-state index contributed by atoms with van der Waals surface area (Å²) in [5.41, 5.74) is 3.28. The van der Waals surface area contributed by atoms with Crippen molar-refractivity contribution in [2.24, 2.45) is 0 Å². The predicted molar refractivity (Wildman–Crippen MR) is 114 cm³/mol. The van der Waals surface area contributed by atoms with E-state index in [0.29, 0.717) is 18.4 Å². The first-order valence-corrected chi connectivity index (χ1v) is 10.3. The van der Waals surface area contributed by atoms with Gasteiger partial charge >= 0.3 is 0 Å². The molecular weight excluding hydrogens is 379 g/mol. The van der Waals surface area contributed by atoms with Crippen LogP contribution in [0.15, 0.2) is 66.7 Å². The summed E-state index contributed by atoms with van der Waals surface area (Å²) in [6.45, 7) is 0.735. The number of rotatable bonds is 6. The van der Waals surface area contributed by atoms with Crippen LogP contribution in [0.25, 0.3) is 0 Å². The molecule has 30 heavy (non-hydrogen) atoms. The lowest BCUT2D eigenvalue weighted by atomic mass is 10.1. The fourth-order valence-corrected chi connectivity index (χ4v) is 4.01. The number of amides is 1. The van der Waals surface area contributed by atoms with Crippen LogP contribution in [0.3, 0.4) is 0 Å². The molecule has 2 heterocycles. The number of ether oxygens (including phenoxy) is 1. The molecule has 1 atom stereocenters. The molecule has 0 spiro atoms. The molecule has 1 aliphatic rings. The fourth-order valence-electron chi connectivity index (χ4n) is 4.01. The number of nitrogens with zero attached hydrogens (tertiary/aromatic N) is 2. The van der Waals surface area contributed by atoms with Crippen LogP contribution in [0.5, 0.6) is 5.75 Å². The zero-order valence-electron chi connectivity index (χ0n) is 17.1. The van der Waals surface area contributed by atoms with E-state index >= 15 is 0 Å². The molecule has 1 amide bonds. The van der Waals surface area contributed by atoms with Crippen molar-refractivity contribution in [2.75, 3.05) is 13.7 Å². The first kappa shape index (κ1) is 20.1. The molecule has 0 unspecified atom stereocenters. The number of pyridine rings is 1. The van der Waals surface area contributed by atoms with Crippen molar-refractivity contribution in [1.29, 1.82) is 0 Å². The topological polar surface area (TPSA) is 42.4 Å². The van der Waals surface area contributed by atoms with E-state index in [0.717, 1.165) is 42.1 Å². The van der Waals surface area contributed by atoms with Crippen molar-refractivity contribution in [3.05, 3.63) is 95.1 Å². The zero-order valence-corrected chi connectivity index (χ0v) is 17.1. The third-order valence-electron chi connectivity index (χ3n) is 5.59. The zero-order chi connectivity index (χ0) is 20.9. The normalized spacial score (nSPS) is 15.9. The molecule has 0 N–H and O–H groups in total. The number of halogens is 1. The number of aromatic nitrogens is 1. The van der Waals surface area contributed by atoms with Crippen molar-refractivity contribution in [3.63, 3.8) is 0 Å². The van der Waals surface area contributed by atoms with Crippen LogP contribution in [-0.2, 0) is 17.6 Å². The molecule has 1 aliphatic heterocycles. The summed E-state index contributed by atoms with van der Waals surface area (Å²) in [5.74, 6) is 0.659. The van der Waals surface area contributed by atoms with E-state index in [2.05, 4.69) is 0 Å². The summed E-state index contributed by atoms with van der Waals surface area (Å²) < 4.78 is 19.2. The van der Waals surface area contributed by atoms with E-state index in [4.69, 9.17) is 9.72 Å². The summed E-state index contributed by atoms with van der Waals surface area (Å²) >= 11 is 0. The summed E-state index contributed by atoms with van der Waals surface area (Å²) in [6.07, 6.45) is 2.64. The van der Waals surface area contributed by atoms with Crippen LogP contribution < -0.4 is 4.74 Å². The van der Waals surface area contributed by atoms with Crippen molar-refractivity contribution < 1.29 is 13.9 Å². The van der Waals surface area contributed by atoms with Crippen LogP contribution in [0.2, 0.25) is 0 Å². The molecule has 0 saturated carbocycles. The third kappa shape index (κ3) is 4.51. The smallest absolute Gasteiger partial charge is 0.227 e. The summed E-state index contributed by atoms with van der Waals surface area (Å²) in [5, 5.41) is 0. The Morgan fingerprint density at radius 3 is 2.67 bits per heavy atom. The Hall–Kier alpha value is -3.21. The maximum absolute atomic E-state index is 14.0. The van der Waals surface area contributed by atoms with E-state index in [1.807, 2.05) is 53.4 Å². The van der Waals surface area contributed by atoms with E-state index in [1.54, 1.807) is 19.2 Å². The minimum Gasteiger partial charge on any atom is -0.497 e. The van der Waals surface area contributed by atoms with Gasteiger partial charge in [0.15, 0.2) is 0 Å². The molecule has 0 bridgehead atoms. The van der Waals surface area contributed by atoms with Crippen LogP contribution in [-0.4, -0.2) is 29.4 Å². The number of methoxy groups -OCH3 is 1. The van der Waals surface area contributed by atoms with Gasteiger partial charge in [-0.15, -0.1) is 0 Å². The summed E-state index contributed by atoms with van der Waals surface area (Å²) in [7, 11) is 1.63. The van der Waals surface area contributed by atoms with E-state index < -0.39 is 0 Å². The minimum atomic E-state index is -0.220. The van der Waals surface area contributed by atoms with Crippen molar-refractivity contribution >= 4 is 5.91 Å². The second-order valence-electron chi connectivity index (χ2n) is 7.59. The molecule has 2 aromatic carbocycles. The first-order chi connectivity index (χ1) is 14.6. The van der Waals surface area contributed by atoms with Gasteiger partial charge in [0.1, 0.15) is 11.6 Å². The van der Waals surface area contributed by atoms with Gasteiger partial charge in [0.25, 0.3) is 0 Å². The SMILES string of the molecule is COc1ccc(CC(=O)N2CCC[C@@H]2c2cccc(Cc3ccccc3F)n2)cc1. The summed E-state index contributed by atoms with van der Waals surface area (Å²) in [4.78, 5) is 19.7. The number of carbonyl (C=O) groups is 1. The average Bonchev–Trinajstić information content (AvgIpc) is 3.26. The maximum Gasteiger partial charge on any atom is 0.227 e. The molecule has 0 aliphatic carbocycles. The van der Waals surface area contributed by atoms with E-state index in [9.17, 15) is 9.18 Å². The van der Waals surface area contributed by atoms with Crippen LogP contribution >= 0.6 is 0 Å². The van der Waals surface area contributed by atoms with Gasteiger partial charge in [-0.2, -0.15) is 0 Å². The third-order valence-corrected chi connectivity index (χ3v) is 5.59. The Labute approximate surface area is 176 Å². The lowest BCUT2D eigenvalue weighted by Gasteiger charge is -2.25. The second kappa shape index (κ2) is 9.08. The minimum absolute atomic E-state index is 0.0312. The van der Waals surface area contributed by atoms with Crippen LogP contribution in [0.1, 0.15) is 41.4 Å². The molecule has 1 fully saturated rings. The lowest BCUT2D eigenvalue weighted by molar-refractivity contribution is -0.131. The standard InChI is InChI=1S/C25H25FN2O2/c1-30-21-13-11-18(12-14-21)16-25(29)28-15-5-10-24(28)23-9-4-7-20(27-23)17-19-6-2-3-8-22(19)26/h2-4,6-9,11-14,24H,5,10,15-17H2,1H3/t24-/m1/s1. The Kier molecular flexibility index (Phi) is 6.07. The molecule has 4 rings (SSSR count). The molecule has 0 radical (unpaired) electrons. The van der Waals surface area contributed by atoms with Gasteiger partial charge in [0.2, 0.25) is 5.91 Å². The Bertz CT molecular complexity index is 1020. The highest BCUT2D eigenvalue weighted by Crippen LogP contribution is 2.32. The highest BCUT2D eigenvalue weighted by molar-refractivity contribution is 5.79. The highest BCUT2D eigenvalue weighted by atomic mass is 19.1. The largest absolute Gasteiger partial charge is 0.497 e. The average molecular weight is 404 g/mol. The molecule has 3 aromatic rings. The quantitative estimate of drug-likeness (QED) is 0.597. The van der Waals surface area contributed by atoms with Crippen molar-refractivity contribution in [1.82, 2.24) is 9.88 Å². The fraction of sp³-hybridized carbons (Fsp3) is 0.280. The van der Waals surface area contributed by atoms with Crippen LogP contribution in [0.4, 0.5) is 4.39 Å². The molecule has 1 aromatic heterocycles. The van der Waals surface area contributed by atoms with Gasteiger partial charge in [0.05, 0.1) is 25.3 Å². The highest BCUT2D eigenvalue weighted by Gasteiger charge is 2.30. The molecule has 4 nitrogen and oxygen atoms in total. The van der Waals surface area contributed by atoms with Gasteiger partial charge in [-0.25, -0.2) is 4.39 Å². The Morgan fingerprint density at radius 1 is 1.10 bits per heavy atom. The number of likely N-dealkylation sites (tertiary alicyclic amines) is 1. The van der Waals surface area contributed by atoms with Gasteiger partial charge in [-0.05, 0) is 54.3 Å². The number of hydrogen-bond acceptors (Lipinski definition) is 3. The van der Waals surface area contributed by atoms with Gasteiger partial charge < -0.3 is 9.64 Å². The Balaban J connectivity index is 1.48. The maximum atomic E-state index is 14.0. The predicted octanol–water partition coefficient (Wildman–Crippen LogP) is 4.73. The van der Waals surface area contributed by atoms with Crippen molar-refractivity contribution in [2.45, 2.75) is 31.7 Å². The van der Waals surface area contributed by atoms with Gasteiger partial charge in [0, 0.05) is 18.7 Å². The molecule has 154 valence electrons. The summed E-state index contributed by atoms with van der Waals surface area (Å²) in [6, 6.07) is 20.2.